The maximum atomic E-state index is 12.2. The molecule has 3 nitrogen and oxygen atoms in total. The number of carbonyl (C=O) groups is 1. The summed E-state index contributed by atoms with van der Waals surface area (Å²) in [5.41, 5.74) is 6.64. The Kier molecular flexibility index (Phi) is 4.40. The Bertz CT molecular complexity index is 432. The molecular formula is C13H17ClN2OS. The van der Waals surface area contributed by atoms with Crippen LogP contribution in [0.15, 0.2) is 18.2 Å². The van der Waals surface area contributed by atoms with Crippen molar-refractivity contribution in [3.63, 3.8) is 0 Å². The second kappa shape index (κ2) is 5.85. The molecule has 1 aliphatic rings. The molecule has 1 aromatic rings. The van der Waals surface area contributed by atoms with Crippen molar-refractivity contribution in [2.24, 2.45) is 0 Å². The van der Waals surface area contributed by atoms with Gasteiger partial charge >= 0.3 is 0 Å². The quantitative estimate of drug-likeness (QED) is 0.839. The van der Waals surface area contributed by atoms with Gasteiger partial charge in [-0.3, -0.25) is 4.79 Å². The van der Waals surface area contributed by atoms with Gasteiger partial charge in [0.15, 0.2) is 0 Å². The molecule has 1 aromatic carbocycles. The van der Waals surface area contributed by atoms with Gasteiger partial charge in [-0.15, -0.1) is 0 Å². The fraction of sp³-hybridized carbons (Fsp3) is 0.462. The van der Waals surface area contributed by atoms with E-state index in [0.29, 0.717) is 21.5 Å². The van der Waals surface area contributed by atoms with E-state index in [9.17, 15) is 4.79 Å². The van der Waals surface area contributed by atoms with Crippen LogP contribution in [0, 0.1) is 0 Å². The van der Waals surface area contributed by atoms with Gasteiger partial charge in [-0.05, 0) is 31.2 Å². The number of nitrogens with two attached hydrogens (primary N) is 1. The molecule has 0 aliphatic heterocycles. The summed E-state index contributed by atoms with van der Waals surface area (Å²) in [5.74, 6) is -0.163. The molecule has 98 valence electrons. The smallest absolute Gasteiger partial charge is 0.255 e. The van der Waals surface area contributed by atoms with E-state index in [4.69, 9.17) is 17.3 Å². The van der Waals surface area contributed by atoms with Crippen LogP contribution in [0.3, 0.4) is 0 Å². The summed E-state index contributed by atoms with van der Waals surface area (Å²) in [7, 11) is 0. The third-order valence-corrected chi connectivity index (χ3v) is 4.83. The number of hydrogen-bond donors (Lipinski definition) is 2. The van der Waals surface area contributed by atoms with E-state index < -0.39 is 0 Å². The van der Waals surface area contributed by atoms with Gasteiger partial charge in [0.25, 0.3) is 5.91 Å². The maximum absolute atomic E-state index is 12.2. The SMILES string of the molecule is CSC1CCCC1NC(=O)c1c(N)cccc1Cl. The lowest BCUT2D eigenvalue weighted by Crippen LogP contribution is -2.39. The maximum Gasteiger partial charge on any atom is 0.255 e. The third-order valence-electron chi connectivity index (χ3n) is 3.34. The van der Waals surface area contributed by atoms with Gasteiger partial charge in [0.1, 0.15) is 0 Å². The number of amides is 1. The van der Waals surface area contributed by atoms with E-state index in [0.717, 1.165) is 19.3 Å². The van der Waals surface area contributed by atoms with Crippen LogP contribution < -0.4 is 11.1 Å². The van der Waals surface area contributed by atoms with Crippen LogP contribution >= 0.6 is 23.4 Å². The molecule has 0 heterocycles. The molecule has 0 spiro atoms. The van der Waals surface area contributed by atoms with Gasteiger partial charge in [0.05, 0.1) is 10.6 Å². The molecule has 2 atom stereocenters. The highest BCUT2D eigenvalue weighted by Crippen LogP contribution is 2.29. The fourth-order valence-corrected chi connectivity index (χ4v) is 3.60. The lowest BCUT2D eigenvalue weighted by molar-refractivity contribution is 0.0940. The van der Waals surface area contributed by atoms with Crippen LogP contribution in [0.4, 0.5) is 5.69 Å². The first-order valence-electron chi connectivity index (χ1n) is 6.01. The van der Waals surface area contributed by atoms with Gasteiger partial charge in [-0.1, -0.05) is 24.1 Å². The first-order valence-corrected chi connectivity index (χ1v) is 7.67. The summed E-state index contributed by atoms with van der Waals surface area (Å²) in [6.07, 6.45) is 5.43. The van der Waals surface area contributed by atoms with Crippen molar-refractivity contribution in [3.05, 3.63) is 28.8 Å². The number of anilines is 1. The Morgan fingerprint density at radius 3 is 2.94 bits per heavy atom. The normalized spacial score (nSPS) is 23.0. The van der Waals surface area contributed by atoms with E-state index in [1.807, 2.05) is 11.8 Å². The van der Waals surface area contributed by atoms with Gasteiger partial charge in [0, 0.05) is 17.0 Å². The van der Waals surface area contributed by atoms with Crippen molar-refractivity contribution in [1.82, 2.24) is 5.32 Å². The first-order chi connectivity index (χ1) is 8.63. The molecule has 1 amide bonds. The first kappa shape index (κ1) is 13.6. The van der Waals surface area contributed by atoms with E-state index >= 15 is 0 Å². The standard InChI is InChI=1S/C13H17ClN2OS/c1-18-11-7-3-6-10(11)16-13(17)12-8(14)4-2-5-9(12)15/h2,4-5,10-11H,3,6-7,15H2,1H3,(H,16,17). The molecule has 18 heavy (non-hydrogen) atoms. The minimum absolute atomic E-state index is 0.163. The van der Waals surface area contributed by atoms with Crippen molar-refractivity contribution in [2.75, 3.05) is 12.0 Å². The zero-order valence-corrected chi connectivity index (χ0v) is 11.9. The van der Waals surface area contributed by atoms with Gasteiger partial charge in [-0.2, -0.15) is 11.8 Å². The summed E-state index contributed by atoms with van der Waals surface area (Å²) in [4.78, 5) is 12.2. The van der Waals surface area contributed by atoms with Crippen LogP contribution in [0.2, 0.25) is 5.02 Å². The number of benzene rings is 1. The molecule has 0 radical (unpaired) electrons. The van der Waals surface area contributed by atoms with Crippen molar-refractivity contribution < 1.29 is 4.79 Å². The van der Waals surface area contributed by atoms with Crippen molar-refractivity contribution in [3.8, 4) is 0 Å². The average molecular weight is 285 g/mol. The number of rotatable bonds is 3. The summed E-state index contributed by atoms with van der Waals surface area (Å²) in [5, 5.41) is 3.96. The van der Waals surface area contributed by atoms with E-state index in [2.05, 4.69) is 11.6 Å². The molecule has 0 bridgehead atoms. The molecule has 1 saturated carbocycles. The molecule has 1 fully saturated rings. The predicted molar refractivity (Wildman–Crippen MR) is 78.3 cm³/mol. The highest BCUT2D eigenvalue weighted by atomic mass is 35.5. The highest BCUT2D eigenvalue weighted by molar-refractivity contribution is 7.99. The summed E-state index contributed by atoms with van der Waals surface area (Å²) in [6, 6.07) is 5.35. The second-order valence-corrected chi connectivity index (χ2v) is 5.97. The molecule has 5 heteroatoms. The molecule has 2 unspecified atom stereocenters. The monoisotopic (exact) mass is 284 g/mol. The minimum Gasteiger partial charge on any atom is -0.398 e. The number of carbonyl (C=O) groups excluding carboxylic acids is 1. The Balaban J connectivity index is 2.12. The summed E-state index contributed by atoms with van der Waals surface area (Å²) in [6.45, 7) is 0. The third kappa shape index (κ3) is 2.75. The number of halogens is 1. The van der Waals surface area contributed by atoms with E-state index in [-0.39, 0.29) is 11.9 Å². The Morgan fingerprint density at radius 1 is 1.50 bits per heavy atom. The van der Waals surface area contributed by atoms with Gasteiger partial charge in [0.2, 0.25) is 0 Å². The minimum atomic E-state index is -0.163. The van der Waals surface area contributed by atoms with Crippen molar-refractivity contribution >= 4 is 35.0 Å². The summed E-state index contributed by atoms with van der Waals surface area (Å²) >= 11 is 7.84. The van der Waals surface area contributed by atoms with Gasteiger partial charge < -0.3 is 11.1 Å². The van der Waals surface area contributed by atoms with E-state index in [1.54, 1.807) is 18.2 Å². The second-order valence-electron chi connectivity index (χ2n) is 4.49. The van der Waals surface area contributed by atoms with E-state index in [1.165, 1.54) is 0 Å². The Hall–Kier alpha value is -0.870. The van der Waals surface area contributed by atoms with Gasteiger partial charge in [-0.25, -0.2) is 0 Å². The van der Waals surface area contributed by atoms with Crippen LogP contribution in [0.5, 0.6) is 0 Å². The Labute approximate surface area is 116 Å². The molecular weight excluding hydrogens is 268 g/mol. The fourth-order valence-electron chi connectivity index (χ4n) is 2.39. The molecule has 0 saturated heterocycles. The zero-order valence-electron chi connectivity index (χ0n) is 10.3. The Morgan fingerprint density at radius 2 is 2.28 bits per heavy atom. The number of thioether (sulfide) groups is 1. The largest absolute Gasteiger partial charge is 0.398 e. The predicted octanol–water partition coefficient (Wildman–Crippen LogP) is 2.94. The van der Waals surface area contributed by atoms with Crippen LogP contribution in [0.25, 0.3) is 0 Å². The van der Waals surface area contributed by atoms with Crippen molar-refractivity contribution in [2.45, 2.75) is 30.6 Å². The lowest BCUT2D eigenvalue weighted by atomic mass is 10.1. The zero-order chi connectivity index (χ0) is 13.1. The average Bonchev–Trinajstić information content (AvgIpc) is 2.76. The highest BCUT2D eigenvalue weighted by Gasteiger charge is 2.28. The van der Waals surface area contributed by atoms with Crippen LogP contribution in [-0.4, -0.2) is 23.5 Å². The van der Waals surface area contributed by atoms with Crippen LogP contribution in [0.1, 0.15) is 29.6 Å². The molecule has 2 rings (SSSR count). The number of nitrogen functional groups attached to an aromatic ring is 1. The molecule has 1 aliphatic carbocycles. The van der Waals surface area contributed by atoms with Crippen molar-refractivity contribution in [1.29, 1.82) is 0 Å². The molecule has 0 aromatic heterocycles. The molecule has 3 N–H and O–H groups in total. The summed E-state index contributed by atoms with van der Waals surface area (Å²) < 4.78 is 0. The topological polar surface area (TPSA) is 55.1 Å². The lowest BCUT2D eigenvalue weighted by Gasteiger charge is -2.20. The number of hydrogen-bond acceptors (Lipinski definition) is 3. The number of nitrogens with one attached hydrogen (secondary N) is 1. The van der Waals surface area contributed by atoms with Crippen LogP contribution in [-0.2, 0) is 0 Å².